The highest BCUT2D eigenvalue weighted by Crippen LogP contribution is 2.05. The predicted molar refractivity (Wildman–Crippen MR) is 84.6 cm³/mol. The molecule has 1 heterocycles. The third-order valence-corrected chi connectivity index (χ3v) is 3.39. The highest BCUT2D eigenvalue weighted by Gasteiger charge is 2.22. The lowest BCUT2D eigenvalue weighted by molar-refractivity contribution is -0.141. The number of imidazole rings is 1. The number of hydrogen-bond acceptors (Lipinski definition) is 4. The molecule has 1 unspecified atom stereocenters. The minimum atomic E-state index is -1.10. The summed E-state index contributed by atoms with van der Waals surface area (Å²) in [5.74, 6) is -1.48. The highest BCUT2D eigenvalue weighted by molar-refractivity contribution is 5.84. The molecular weight excluding hydrogens is 296 g/mol. The summed E-state index contributed by atoms with van der Waals surface area (Å²) in [6, 6.07) is 8.23. The summed E-state index contributed by atoms with van der Waals surface area (Å²) in [4.78, 5) is 30.0. The van der Waals surface area contributed by atoms with E-state index in [9.17, 15) is 14.7 Å². The molecule has 2 aromatic rings. The summed E-state index contributed by atoms with van der Waals surface area (Å²) in [7, 11) is 0. The fourth-order valence-electron chi connectivity index (χ4n) is 2.29. The number of carboxylic acids is 1. The molecule has 1 aromatic carbocycles. The number of H-pyrrole nitrogens is 1. The van der Waals surface area contributed by atoms with Gasteiger partial charge in [-0.15, -0.1) is 0 Å². The molecule has 23 heavy (non-hydrogen) atoms. The number of nitrogens with zero attached hydrogens (tertiary/aromatic N) is 1. The summed E-state index contributed by atoms with van der Waals surface area (Å²) in [5, 5.41) is 11.7. The van der Waals surface area contributed by atoms with Crippen molar-refractivity contribution in [2.75, 3.05) is 0 Å². The van der Waals surface area contributed by atoms with Crippen molar-refractivity contribution >= 4 is 11.9 Å². The van der Waals surface area contributed by atoms with Gasteiger partial charge >= 0.3 is 5.97 Å². The number of aromatic nitrogens is 2. The van der Waals surface area contributed by atoms with Crippen molar-refractivity contribution in [3.8, 4) is 0 Å². The van der Waals surface area contributed by atoms with Crippen LogP contribution in [0.1, 0.15) is 17.7 Å². The Balaban J connectivity index is 1.85. The SMILES string of the molecule is NC(CC(=O)N[C@H](Cc1c[nH]cn1)C(=O)O)Cc1ccccc1. The number of hydrogen-bond donors (Lipinski definition) is 4. The van der Waals surface area contributed by atoms with E-state index in [1.807, 2.05) is 30.3 Å². The number of amides is 1. The molecule has 7 heteroatoms. The number of carbonyl (C=O) groups excluding carboxylic acids is 1. The number of benzene rings is 1. The van der Waals surface area contributed by atoms with E-state index < -0.39 is 12.0 Å². The summed E-state index contributed by atoms with van der Waals surface area (Å²) in [5.41, 5.74) is 7.59. The Morgan fingerprint density at radius 1 is 1.26 bits per heavy atom. The maximum Gasteiger partial charge on any atom is 0.326 e. The molecule has 122 valence electrons. The molecule has 0 saturated carbocycles. The molecule has 0 bridgehead atoms. The van der Waals surface area contributed by atoms with E-state index in [0.717, 1.165) is 5.56 Å². The van der Waals surface area contributed by atoms with Crippen LogP contribution in [0.3, 0.4) is 0 Å². The Morgan fingerprint density at radius 2 is 2.00 bits per heavy atom. The molecule has 0 aliphatic carbocycles. The number of aliphatic carboxylic acids is 1. The molecule has 0 spiro atoms. The van der Waals surface area contributed by atoms with Crippen LogP contribution in [0.25, 0.3) is 0 Å². The first-order valence-corrected chi connectivity index (χ1v) is 7.34. The van der Waals surface area contributed by atoms with E-state index in [2.05, 4.69) is 15.3 Å². The van der Waals surface area contributed by atoms with Gasteiger partial charge in [-0.25, -0.2) is 9.78 Å². The normalized spacial score (nSPS) is 13.3. The van der Waals surface area contributed by atoms with Gasteiger partial charge in [0.1, 0.15) is 6.04 Å². The van der Waals surface area contributed by atoms with Crippen LogP contribution in [0.15, 0.2) is 42.9 Å². The molecular formula is C16H20N4O3. The molecule has 1 aromatic heterocycles. The van der Waals surface area contributed by atoms with Crippen molar-refractivity contribution in [1.29, 1.82) is 0 Å². The van der Waals surface area contributed by atoms with Crippen molar-refractivity contribution in [2.45, 2.75) is 31.3 Å². The average Bonchev–Trinajstić information content (AvgIpc) is 3.00. The lowest BCUT2D eigenvalue weighted by atomic mass is 10.0. The van der Waals surface area contributed by atoms with Gasteiger partial charge in [0.05, 0.1) is 12.0 Å². The van der Waals surface area contributed by atoms with Gasteiger partial charge in [-0.1, -0.05) is 30.3 Å². The lowest BCUT2D eigenvalue weighted by Gasteiger charge is -2.16. The number of carboxylic acid groups (broad SMARTS) is 1. The fourth-order valence-corrected chi connectivity index (χ4v) is 2.29. The van der Waals surface area contributed by atoms with Crippen molar-refractivity contribution in [3.63, 3.8) is 0 Å². The minimum absolute atomic E-state index is 0.0687. The first-order chi connectivity index (χ1) is 11.0. The zero-order valence-electron chi connectivity index (χ0n) is 12.6. The molecule has 2 rings (SSSR count). The third kappa shape index (κ3) is 5.55. The van der Waals surface area contributed by atoms with E-state index in [1.54, 1.807) is 6.20 Å². The standard InChI is InChI=1S/C16H20N4O3/c17-12(6-11-4-2-1-3-5-11)7-15(21)20-14(16(22)23)8-13-9-18-10-19-13/h1-5,9-10,12,14H,6-8,17H2,(H,18,19)(H,20,21)(H,22,23)/t12?,14-/m1/s1. The topological polar surface area (TPSA) is 121 Å². The van der Waals surface area contributed by atoms with E-state index >= 15 is 0 Å². The Labute approximate surface area is 133 Å². The summed E-state index contributed by atoms with van der Waals surface area (Å²) >= 11 is 0. The second-order valence-electron chi connectivity index (χ2n) is 5.38. The Morgan fingerprint density at radius 3 is 2.61 bits per heavy atom. The third-order valence-electron chi connectivity index (χ3n) is 3.39. The molecule has 0 aliphatic rings. The molecule has 0 radical (unpaired) electrons. The van der Waals surface area contributed by atoms with Crippen LogP contribution in [0.4, 0.5) is 0 Å². The zero-order chi connectivity index (χ0) is 16.7. The van der Waals surface area contributed by atoms with Gasteiger partial charge in [0.2, 0.25) is 5.91 Å². The first kappa shape index (κ1) is 16.7. The largest absolute Gasteiger partial charge is 0.480 e. The summed E-state index contributed by atoms with van der Waals surface area (Å²) in [6.45, 7) is 0. The van der Waals surface area contributed by atoms with Gasteiger partial charge in [0.15, 0.2) is 0 Å². The fraction of sp³-hybridized carbons (Fsp3) is 0.312. The molecule has 5 N–H and O–H groups in total. The van der Waals surface area contributed by atoms with Crippen molar-refractivity contribution < 1.29 is 14.7 Å². The first-order valence-electron chi connectivity index (χ1n) is 7.34. The van der Waals surface area contributed by atoms with Crippen LogP contribution in [0.5, 0.6) is 0 Å². The Kier molecular flexibility index (Phi) is 5.87. The maximum absolute atomic E-state index is 12.0. The van der Waals surface area contributed by atoms with Crippen LogP contribution >= 0.6 is 0 Å². The van der Waals surface area contributed by atoms with Gasteiger partial charge in [0.25, 0.3) is 0 Å². The minimum Gasteiger partial charge on any atom is -0.480 e. The van der Waals surface area contributed by atoms with E-state index in [0.29, 0.717) is 12.1 Å². The molecule has 0 fully saturated rings. The van der Waals surface area contributed by atoms with Gasteiger partial charge in [-0.2, -0.15) is 0 Å². The Hall–Kier alpha value is -2.67. The average molecular weight is 316 g/mol. The second kappa shape index (κ2) is 8.09. The quantitative estimate of drug-likeness (QED) is 0.564. The van der Waals surface area contributed by atoms with Gasteiger partial charge < -0.3 is 21.1 Å². The molecule has 0 aliphatic heterocycles. The van der Waals surface area contributed by atoms with Crippen molar-refractivity contribution in [2.24, 2.45) is 5.73 Å². The monoisotopic (exact) mass is 316 g/mol. The van der Waals surface area contributed by atoms with Crippen LogP contribution in [0.2, 0.25) is 0 Å². The van der Waals surface area contributed by atoms with Gasteiger partial charge in [0, 0.05) is 25.1 Å². The molecule has 2 atom stereocenters. The molecule has 7 nitrogen and oxygen atoms in total. The van der Waals surface area contributed by atoms with Crippen LogP contribution in [-0.2, 0) is 22.4 Å². The second-order valence-corrected chi connectivity index (χ2v) is 5.38. The number of nitrogens with two attached hydrogens (primary N) is 1. The zero-order valence-corrected chi connectivity index (χ0v) is 12.6. The van der Waals surface area contributed by atoms with Crippen molar-refractivity contribution in [3.05, 3.63) is 54.1 Å². The van der Waals surface area contributed by atoms with E-state index in [-0.39, 0.29) is 24.8 Å². The van der Waals surface area contributed by atoms with Gasteiger partial charge in [-0.3, -0.25) is 4.79 Å². The lowest BCUT2D eigenvalue weighted by Crippen LogP contribution is -2.44. The Bertz CT molecular complexity index is 628. The van der Waals surface area contributed by atoms with Crippen LogP contribution < -0.4 is 11.1 Å². The highest BCUT2D eigenvalue weighted by atomic mass is 16.4. The number of aromatic amines is 1. The predicted octanol–water partition coefficient (Wildman–Crippen LogP) is 0.482. The number of nitrogens with one attached hydrogen (secondary N) is 2. The van der Waals surface area contributed by atoms with E-state index in [1.165, 1.54) is 6.33 Å². The summed E-state index contributed by atoms with van der Waals surface area (Å²) < 4.78 is 0. The van der Waals surface area contributed by atoms with Crippen molar-refractivity contribution in [1.82, 2.24) is 15.3 Å². The molecule has 0 saturated heterocycles. The molecule has 1 amide bonds. The smallest absolute Gasteiger partial charge is 0.326 e. The number of carbonyl (C=O) groups is 2. The van der Waals surface area contributed by atoms with Gasteiger partial charge in [-0.05, 0) is 12.0 Å². The number of rotatable bonds is 8. The maximum atomic E-state index is 12.0. The van der Waals surface area contributed by atoms with Crippen LogP contribution in [0, 0.1) is 0 Å². The van der Waals surface area contributed by atoms with Crippen LogP contribution in [-0.4, -0.2) is 39.0 Å². The van der Waals surface area contributed by atoms with E-state index in [4.69, 9.17) is 5.73 Å². The summed E-state index contributed by atoms with van der Waals surface area (Å²) in [6.07, 6.45) is 3.82.